The summed E-state index contributed by atoms with van der Waals surface area (Å²) in [4.78, 5) is 16.8. The molecule has 162 valence electrons. The topological polar surface area (TPSA) is 57.1 Å². The molecule has 3 aromatic rings. The Labute approximate surface area is 215 Å². The molecule has 0 spiro atoms. The molecule has 0 N–H and O–H groups in total. The first-order chi connectivity index (χ1) is 15.4. The Hall–Kier alpha value is -2.17. The second-order valence-electron chi connectivity index (χ2n) is 6.77. The van der Waals surface area contributed by atoms with Crippen LogP contribution >= 0.6 is 54.5 Å². The number of nitrogens with zero attached hydrogens (tertiary/aromatic N) is 1. The Kier molecular flexibility index (Phi) is 7.32. The van der Waals surface area contributed by atoms with Crippen molar-refractivity contribution in [3.63, 3.8) is 0 Å². The van der Waals surface area contributed by atoms with E-state index in [0.717, 1.165) is 19.2 Å². The third kappa shape index (κ3) is 5.24. The average Bonchev–Trinajstić information content (AvgIpc) is 3.13. The molecule has 0 saturated heterocycles. The van der Waals surface area contributed by atoms with Crippen molar-refractivity contribution in [2.45, 2.75) is 6.61 Å². The minimum Gasteiger partial charge on any atom is -0.493 e. The van der Waals surface area contributed by atoms with Gasteiger partial charge in [0.05, 0.1) is 17.1 Å². The van der Waals surface area contributed by atoms with Crippen molar-refractivity contribution in [3.05, 3.63) is 95.6 Å². The van der Waals surface area contributed by atoms with Gasteiger partial charge in [-0.05, 0) is 108 Å². The summed E-state index contributed by atoms with van der Waals surface area (Å²) < 4.78 is 19.6. The van der Waals surface area contributed by atoms with Gasteiger partial charge in [0.15, 0.2) is 17.2 Å². The number of benzene rings is 3. The number of aliphatic imine (C=N–C) groups is 1. The van der Waals surface area contributed by atoms with Crippen LogP contribution in [-0.2, 0) is 16.1 Å². The van der Waals surface area contributed by atoms with Crippen molar-refractivity contribution in [3.8, 4) is 11.5 Å². The highest BCUT2D eigenvalue weighted by molar-refractivity contribution is 14.1. The molecule has 0 radical (unpaired) electrons. The first kappa shape index (κ1) is 23.0. The van der Waals surface area contributed by atoms with E-state index in [-0.39, 0.29) is 11.6 Å². The number of carbonyl (C=O) groups excluding carboxylic acids is 1. The average molecular weight is 669 g/mol. The standard InChI is InChI=1S/C24H16Br2INO4/c1-30-21-12-15(10-19(26)22(21)31-13-14-5-4-6-16(27)9-14)11-20-24(29)32-23(28-20)17-7-2-3-8-18(17)25/h2-12H,13H2,1H3/b20-11-. The van der Waals surface area contributed by atoms with Gasteiger partial charge < -0.3 is 14.2 Å². The third-order valence-electron chi connectivity index (χ3n) is 4.55. The lowest BCUT2D eigenvalue weighted by Gasteiger charge is -2.14. The number of carbonyl (C=O) groups is 1. The minimum atomic E-state index is -0.509. The SMILES string of the molecule is COc1cc(/C=C2\N=C(c3ccccc3Br)OC2=O)cc(Br)c1OCc1cccc(I)c1. The van der Waals surface area contributed by atoms with Gasteiger partial charge in [0.2, 0.25) is 5.90 Å². The van der Waals surface area contributed by atoms with Crippen LogP contribution in [0.2, 0.25) is 0 Å². The van der Waals surface area contributed by atoms with Crippen LogP contribution in [0.3, 0.4) is 0 Å². The summed E-state index contributed by atoms with van der Waals surface area (Å²) >= 11 is 9.28. The summed E-state index contributed by atoms with van der Waals surface area (Å²) in [6.45, 7) is 0.401. The third-order valence-corrected chi connectivity index (χ3v) is 6.50. The van der Waals surface area contributed by atoms with Gasteiger partial charge in [-0.3, -0.25) is 0 Å². The van der Waals surface area contributed by atoms with Gasteiger partial charge in [0, 0.05) is 8.04 Å². The minimum absolute atomic E-state index is 0.206. The van der Waals surface area contributed by atoms with E-state index < -0.39 is 5.97 Å². The van der Waals surface area contributed by atoms with Crippen LogP contribution in [0, 0.1) is 3.57 Å². The Morgan fingerprint density at radius 3 is 2.62 bits per heavy atom. The highest BCUT2D eigenvalue weighted by Gasteiger charge is 2.25. The van der Waals surface area contributed by atoms with Crippen molar-refractivity contribution < 1.29 is 19.0 Å². The van der Waals surface area contributed by atoms with E-state index in [4.69, 9.17) is 14.2 Å². The lowest BCUT2D eigenvalue weighted by atomic mass is 10.1. The van der Waals surface area contributed by atoms with Gasteiger partial charge in [-0.25, -0.2) is 9.79 Å². The second kappa shape index (κ2) is 10.2. The lowest BCUT2D eigenvalue weighted by Crippen LogP contribution is -2.05. The summed E-state index contributed by atoms with van der Waals surface area (Å²) in [5.41, 5.74) is 2.69. The Bertz CT molecular complexity index is 1260. The maximum atomic E-state index is 12.4. The van der Waals surface area contributed by atoms with E-state index in [2.05, 4.69) is 65.5 Å². The number of halogens is 3. The predicted octanol–water partition coefficient (Wildman–Crippen LogP) is 6.75. The fraction of sp³-hybridized carbons (Fsp3) is 0.0833. The summed E-state index contributed by atoms with van der Waals surface area (Å²) in [6, 6.07) is 19.2. The van der Waals surface area contributed by atoms with Crippen molar-refractivity contribution in [2.24, 2.45) is 4.99 Å². The Balaban J connectivity index is 1.60. The molecule has 8 heteroatoms. The summed E-state index contributed by atoms with van der Waals surface area (Å²) in [7, 11) is 1.57. The molecule has 1 aliphatic heterocycles. The molecule has 0 amide bonds. The molecule has 1 heterocycles. The normalized spacial score (nSPS) is 14.3. The monoisotopic (exact) mass is 667 g/mol. The number of rotatable bonds is 6. The molecule has 0 aromatic heterocycles. The molecule has 4 rings (SSSR count). The maximum absolute atomic E-state index is 12.4. The first-order valence-corrected chi connectivity index (χ1v) is 12.1. The zero-order chi connectivity index (χ0) is 22.7. The highest BCUT2D eigenvalue weighted by atomic mass is 127. The number of methoxy groups -OCH3 is 1. The zero-order valence-corrected chi connectivity index (χ0v) is 22.1. The van der Waals surface area contributed by atoms with Gasteiger partial charge in [-0.2, -0.15) is 0 Å². The molecule has 3 aromatic carbocycles. The van der Waals surface area contributed by atoms with Crippen molar-refractivity contribution in [1.82, 2.24) is 0 Å². The largest absolute Gasteiger partial charge is 0.493 e. The number of hydrogen-bond donors (Lipinski definition) is 0. The van der Waals surface area contributed by atoms with E-state index in [0.29, 0.717) is 28.1 Å². The Morgan fingerprint density at radius 1 is 1.06 bits per heavy atom. The fourth-order valence-corrected chi connectivity index (χ4v) is 4.70. The van der Waals surface area contributed by atoms with E-state index in [9.17, 15) is 4.79 Å². The van der Waals surface area contributed by atoms with Crippen LogP contribution in [0.1, 0.15) is 16.7 Å². The summed E-state index contributed by atoms with van der Waals surface area (Å²) in [5.74, 6) is 0.875. The number of esters is 1. The van der Waals surface area contributed by atoms with Crippen LogP contribution in [0.5, 0.6) is 11.5 Å². The van der Waals surface area contributed by atoms with Crippen LogP contribution in [-0.4, -0.2) is 19.0 Å². The molecular weight excluding hydrogens is 653 g/mol. The van der Waals surface area contributed by atoms with Gasteiger partial charge in [-0.1, -0.05) is 24.3 Å². The van der Waals surface area contributed by atoms with Gasteiger partial charge >= 0.3 is 5.97 Å². The van der Waals surface area contributed by atoms with E-state index in [1.54, 1.807) is 19.3 Å². The quantitative estimate of drug-likeness (QED) is 0.166. The van der Waals surface area contributed by atoms with Crippen molar-refractivity contribution in [1.29, 1.82) is 0 Å². The van der Waals surface area contributed by atoms with Crippen LogP contribution < -0.4 is 9.47 Å². The molecular formula is C24H16Br2INO4. The second-order valence-corrected chi connectivity index (χ2v) is 9.72. The number of ether oxygens (including phenoxy) is 3. The molecule has 5 nitrogen and oxygen atoms in total. The van der Waals surface area contributed by atoms with Gasteiger partial charge in [-0.15, -0.1) is 0 Å². The molecule has 0 atom stereocenters. The van der Waals surface area contributed by atoms with E-state index >= 15 is 0 Å². The lowest BCUT2D eigenvalue weighted by molar-refractivity contribution is -0.129. The van der Waals surface area contributed by atoms with Crippen LogP contribution in [0.4, 0.5) is 0 Å². The Morgan fingerprint density at radius 2 is 1.88 bits per heavy atom. The van der Waals surface area contributed by atoms with Crippen molar-refractivity contribution >= 4 is 72.4 Å². The van der Waals surface area contributed by atoms with Gasteiger partial charge in [0.25, 0.3) is 0 Å². The summed E-state index contributed by atoms with van der Waals surface area (Å²) in [6.07, 6.45) is 1.66. The van der Waals surface area contributed by atoms with E-state index in [1.165, 1.54) is 0 Å². The zero-order valence-electron chi connectivity index (χ0n) is 16.8. The maximum Gasteiger partial charge on any atom is 0.363 e. The van der Waals surface area contributed by atoms with Crippen LogP contribution in [0.25, 0.3) is 6.08 Å². The molecule has 1 aliphatic rings. The number of cyclic esters (lactones) is 1. The first-order valence-electron chi connectivity index (χ1n) is 9.47. The molecule has 0 fully saturated rings. The van der Waals surface area contributed by atoms with Crippen molar-refractivity contribution in [2.75, 3.05) is 7.11 Å². The fourth-order valence-electron chi connectivity index (χ4n) is 3.06. The van der Waals surface area contributed by atoms with Crippen LogP contribution in [0.15, 0.2) is 80.3 Å². The molecule has 32 heavy (non-hydrogen) atoms. The predicted molar refractivity (Wildman–Crippen MR) is 139 cm³/mol. The highest BCUT2D eigenvalue weighted by Crippen LogP contribution is 2.38. The smallest absolute Gasteiger partial charge is 0.363 e. The number of hydrogen-bond acceptors (Lipinski definition) is 5. The molecule has 0 unspecified atom stereocenters. The summed E-state index contributed by atoms with van der Waals surface area (Å²) in [5, 5.41) is 0. The molecule has 0 bridgehead atoms. The molecule has 0 saturated carbocycles. The van der Waals surface area contributed by atoms with E-state index in [1.807, 2.05) is 48.5 Å². The molecule has 0 aliphatic carbocycles. The van der Waals surface area contributed by atoms with Gasteiger partial charge in [0.1, 0.15) is 6.61 Å².